The molecule has 0 aliphatic carbocycles. The number of nitrogens with zero attached hydrogens (tertiary/aromatic N) is 1. The average Bonchev–Trinajstić information content (AvgIpc) is 2.51. The second kappa shape index (κ2) is 3.76. The number of aliphatic hydroxyl groups excluding tert-OH is 1. The van der Waals surface area contributed by atoms with Gasteiger partial charge in [-0.2, -0.15) is 0 Å². The van der Waals surface area contributed by atoms with E-state index in [2.05, 4.69) is 32.1 Å². The summed E-state index contributed by atoms with van der Waals surface area (Å²) in [6, 6.07) is 0. The SMILES string of the molecule is CC(C(O)c1cnsc1)C(C)(C)C. The van der Waals surface area contributed by atoms with Crippen LogP contribution in [0.5, 0.6) is 0 Å². The van der Waals surface area contributed by atoms with Gasteiger partial charge in [0.2, 0.25) is 0 Å². The number of rotatable bonds is 2. The third-order valence-corrected chi connectivity index (χ3v) is 3.24. The number of hydrogen-bond donors (Lipinski definition) is 1. The second-order valence-corrected chi connectivity index (χ2v) is 5.21. The lowest BCUT2D eigenvalue weighted by Crippen LogP contribution is -2.23. The first-order valence-corrected chi connectivity index (χ1v) is 5.34. The van der Waals surface area contributed by atoms with Gasteiger partial charge in [0.05, 0.1) is 6.10 Å². The van der Waals surface area contributed by atoms with Gasteiger partial charge in [-0.05, 0) is 22.9 Å². The van der Waals surface area contributed by atoms with Gasteiger partial charge in [0.25, 0.3) is 0 Å². The molecule has 13 heavy (non-hydrogen) atoms. The largest absolute Gasteiger partial charge is 0.388 e. The van der Waals surface area contributed by atoms with Gasteiger partial charge in [0, 0.05) is 17.1 Å². The second-order valence-electron chi connectivity index (χ2n) is 4.56. The molecule has 3 heteroatoms. The molecule has 1 heterocycles. The Kier molecular flexibility index (Phi) is 3.09. The Morgan fingerprint density at radius 2 is 2.08 bits per heavy atom. The van der Waals surface area contributed by atoms with Crippen molar-refractivity contribution in [2.45, 2.75) is 33.8 Å². The lowest BCUT2D eigenvalue weighted by Gasteiger charge is -2.30. The van der Waals surface area contributed by atoms with Gasteiger partial charge in [-0.3, -0.25) is 0 Å². The predicted molar refractivity (Wildman–Crippen MR) is 55.7 cm³/mol. The molecule has 1 N–H and O–H groups in total. The van der Waals surface area contributed by atoms with E-state index in [1.807, 2.05) is 5.38 Å². The van der Waals surface area contributed by atoms with Crippen LogP contribution in [0.3, 0.4) is 0 Å². The molecule has 0 fully saturated rings. The standard InChI is InChI=1S/C10H17NOS/c1-7(10(2,3)4)9(12)8-5-11-13-6-8/h5-7,9,12H,1-4H3. The summed E-state index contributed by atoms with van der Waals surface area (Å²) < 4.78 is 3.99. The summed E-state index contributed by atoms with van der Waals surface area (Å²) in [4.78, 5) is 0. The predicted octanol–water partition coefficient (Wildman–Crippen LogP) is 2.86. The maximum Gasteiger partial charge on any atom is 0.0844 e. The van der Waals surface area contributed by atoms with Gasteiger partial charge in [-0.15, -0.1) is 0 Å². The third-order valence-electron chi connectivity index (χ3n) is 2.63. The zero-order chi connectivity index (χ0) is 10.1. The van der Waals surface area contributed by atoms with Crippen molar-refractivity contribution in [3.63, 3.8) is 0 Å². The molecular formula is C10H17NOS. The summed E-state index contributed by atoms with van der Waals surface area (Å²) in [5, 5.41) is 11.9. The number of hydrogen-bond acceptors (Lipinski definition) is 3. The van der Waals surface area contributed by atoms with Crippen molar-refractivity contribution in [3.8, 4) is 0 Å². The van der Waals surface area contributed by atoms with Gasteiger partial charge in [0.1, 0.15) is 0 Å². The quantitative estimate of drug-likeness (QED) is 0.794. The van der Waals surface area contributed by atoms with E-state index in [0.717, 1.165) is 5.56 Å². The van der Waals surface area contributed by atoms with E-state index in [4.69, 9.17) is 0 Å². The van der Waals surface area contributed by atoms with Crippen LogP contribution < -0.4 is 0 Å². The highest BCUT2D eigenvalue weighted by atomic mass is 32.1. The molecule has 0 aromatic carbocycles. The van der Waals surface area contributed by atoms with Crippen molar-refractivity contribution >= 4 is 11.5 Å². The molecule has 2 atom stereocenters. The average molecular weight is 199 g/mol. The monoisotopic (exact) mass is 199 g/mol. The van der Waals surface area contributed by atoms with Crippen molar-refractivity contribution in [2.75, 3.05) is 0 Å². The van der Waals surface area contributed by atoms with Crippen molar-refractivity contribution < 1.29 is 5.11 Å². The van der Waals surface area contributed by atoms with Crippen molar-refractivity contribution in [1.29, 1.82) is 0 Å². The fraction of sp³-hybridized carbons (Fsp3) is 0.700. The lowest BCUT2D eigenvalue weighted by molar-refractivity contribution is 0.0537. The molecule has 0 radical (unpaired) electrons. The smallest absolute Gasteiger partial charge is 0.0844 e. The molecule has 0 spiro atoms. The zero-order valence-electron chi connectivity index (χ0n) is 8.61. The van der Waals surface area contributed by atoms with E-state index in [0.29, 0.717) is 0 Å². The lowest BCUT2D eigenvalue weighted by atomic mass is 9.77. The molecular weight excluding hydrogens is 182 g/mol. The first kappa shape index (κ1) is 10.7. The van der Waals surface area contributed by atoms with Gasteiger partial charge in [-0.25, -0.2) is 4.37 Å². The molecule has 0 saturated heterocycles. The van der Waals surface area contributed by atoms with E-state index in [-0.39, 0.29) is 11.3 Å². The Hall–Kier alpha value is -0.410. The summed E-state index contributed by atoms with van der Waals surface area (Å²) in [6.45, 7) is 8.49. The van der Waals surface area contributed by atoms with E-state index in [1.54, 1.807) is 6.20 Å². The summed E-state index contributed by atoms with van der Waals surface area (Å²) in [5.41, 5.74) is 1.06. The molecule has 0 aliphatic heterocycles. The maximum atomic E-state index is 9.98. The first-order chi connectivity index (χ1) is 5.93. The topological polar surface area (TPSA) is 33.1 Å². The van der Waals surface area contributed by atoms with E-state index < -0.39 is 6.10 Å². The van der Waals surface area contributed by atoms with Crippen molar-refractivity contribution in [3.05, 3.63) is 17.1 Å². The van der Waals surface area contributed by atoms with E-state index in [1.165, 1.54) is 11.5 Å². The molecule has 0 bridgehead atoms. The van der Waals surface area contributed by atoms with Crippen molar-refractivity contribution in [1.82, 2.24) is 4.37 Å². The highest BCUT2D eigenvalue weighted by molar-refractivity contribution is 7.03. The van der Waals surface area contributed by atoms with Gasteiger partial charge >= 0.3 is 0 Å². The molecule has 0 aliphatic rings. The minimum atomic E-state index is -0.390. The summed E-state index contributed by atoms with van der Waals surface area (Å²) in [5.74, 6) is 0.240. The number of aromatic nitrogens is 1. The van der Waals surface area contributed by atoms with E-state index in [9.17, 15) is 5.11 Å². The minimum Gasteiger partial charge on any atom is -0.388 e. The Bertz CT molecular complexity index is 250. The molecule has 2 nitrogen and oxygen atoms in total. The molecule has 1 rings (SSSR count). The number of aliphatic hydroxyl groups is 1. The van der Waals surface area contributed by atoms with E-state index >= 15 is 0 Å². The van der Waals surface area contributed by atoms with Crippen molar-refractivity contribution in [2.24, 2.45) is 11.3 Å². The maximum absolute atomic E-state index is 9.98. The summed E-state index contributed by atoms with van der Waals surface area (Å²) in [6.07, 6.45) is 1.36. The van der Waals surface area contributed by atoms with Crippen LogP contribution >= 0.6 is 11.5 Å². The van der Waals surface area contributed by atoms with Gasteiger partial charge < -0.3 is 5.11 Å². The molecule has 2 unspecified atom stereocenters. The Balaban J connectivity index is 2.74. The third kappa shape index (κ3) is 2.51. The Labute approximate surface area is 83.8 Å². The normalized spacial score (nSPS) is 17.0. The summed E-state index contributed by atoms with van der Waals surface area (Å²) >= 11 is 1.39. The fourth-order valence-electron chi connectivity index (χ4n) is 1.12. The van der Waals surface area contributed by atoms with Crippen LogP contribution in [-0.2, 0) is 0 Å². The first-order valence-electron chi connectivity index (χ1n) is 4.50. The minimum absolute atomic E-state index is 0.126. The van der Waals surface area contributed by atoms with Gasteiger partial charge in [0.15, 0.2) is 0 Å². The van der Waals surface area contributed by atoms with Crippen LogP contribution in [0.15, 0.2) is 11.6 Å². The molecule has 1 aromatic heterocycles. The van der Waals surface area contributed by atoms with Crippen LogP contribution in [0.4, 0.5) is 0 Å². The zero-order valence-corrected chi connectivity index (χ0v) is 9.43. The molecule has 74 valence electrons. The van der Waals surface area contributed by atoms with Crippen LogP contribution in [0.2, 0.25) is 0 Å². The highest BCUT2D eigenvalue weighted by Crippen LogP contribution is 2.35. The molecule has 1 aromatic rings. The van der Waals surface area contributed by atoms with Gasteiger partial charge in [-0.1, -0.05) is 27.7 Å². The molecule has 0 amide bonds. The summed E-state index contributed by atoms with van der Waals surface area (Å²) in [7, 11) is 0. The van der Waals surface area contributed by atoms with Crippen LogP contribution in [0.1, 0.15) is 39.4 Å². The fourth-order valence-corrected chi connectivity index (χ4v) is 1.69. The highest BCUT2D eigenvalue weighted by Gasteiger charge is 2.28. The Morgan fingerprint density at radius 3 is 2.46 bits per heavy atom. The van der Waals surface area contributed by atoms with Crippen LogP contribution in [0.25, 0.3) is 0 Å². The Morgan fingerprint density at radius 1 is 1.46 bits per heavy atom. The molecule has 0 saturated carbocycles. The van der Waals surface area contributed by atoms with Crippen LogP contribution in [0, 0.1) is 11.3 Å². The van der Waals surface area contributed by atoms with Crippen LogP contribution in [-0.4, -0.2) is 9.48 Å².